The lowest BCUT2D eigenvalue weighted by Gasteiger charge is -2.06. The molecule has 0 fully saturated rings. The van der Waals surface area contributed by atoms with Crippen LogP contribution in [0.4, 0.5) is 0 Å². The molecule has 94 valence electrons. The summed E-state index contributed by atoms with van der Waals surface area (Å²) in [5, 5.41) is 11.0. The monoisotopic (exact) mass is 331 g/mol. The minimum atomic E-state index is 0.331. The number of fused-ring (bicyclic) bond motifs is 1. The van der Waals surface area contributed by atoms with Crippen LogP contribution in [0.25, 0.3) is 11.0 Å². The first-order chi connectivity index (χ1) is 9.29. The van der Waals surface area contributed by atoms with Gasteiger partial charge in [-0.25, -0.2) is 4.98 Å². The number of aromatic nitrogens is 2. The Morgan fingerprint density at radius 1 is 1.32 bits per heavy atom. The van der Waals surface area contributed by atoms with Gasteiger partial charge in [0.15, 0.2) is 0 Å². The van der Waals surface area contributed by atoms with Crippen molar-refractivity contribution in [3.05, 3.63) is 50.9 Å². The van der Waals surface area contributed by atoms with Crippen molar-refractivity contribution in [2.45, 2.75) is 13.0 Å². The van der Waals surface area contributed by atoms with E-state index < -0.39 is 0 Å². The molecule has 0 amide bonds. The molecule has 1 aromatic carbocycles. The van der Waals surface area contributed by atoms with E-state index in [2.05, 4.69) is 36.9 Å². The smallest absolute Gasteiger partial charge is 0.124 e. The fraction of sp³-hybridized carbons (Fsp3) is 0.143. The molecule has 0 bridgehead atoms. The second kappa shape index (κ2) is 5.16. The molecule has 0 N–H and O–H groups in total. The second-order valence-electron chi connectivity index (χ2n) is 4.13. The van der Waals surface area contributed by atoms with Crippen molar-refractivity contribution in [1.82, 2.24) is 9.55 Å². The van der Waals surface area contributed by atoms with Crippen molar-refractivity contribution in [2.24, 2.45) is 0 Å². The highest BCUT2D eigenvalue weighted by atomic mass is 79.9. The molecular formula is C14H10BrN3S. The van der Waals surface area contributed by atoms with Gasteiger partial charge in [0.1, 0.15) is 5.82 Å². The van der Waals surface area contributed by atoms with E-state index in [-0.39, 0.29) is 0 Å². The average molecular weight is 332 g/mol. The van der Waals surface area contributed by atoms with E-state index in [4.69, 9.17) is 5.26 Å². The van der Waals surface area contributed by atoms with Crippen LogP contribution in [0.15, 0.2) is 40.2 Å². The van der Waals surface area contributed by atoms with Crippen molar-refractivity contribution in [3.63, 3.8) is 0 Å². The highest BCUT2D eigenvalue weighted by Gasteiger charge is 2.12. The van der Waals surface area contributed by atoms with E-state index in [1.165, 1.54) is 4.88 Å². The highest BCUT2D eigenvalue weighted by molar-refractivity contribution is 9.10. The van der Waals surface area contributed by atoms with Crippen LogP contribution in [0, 0.1) is 11.3 Å². The van der Waals surface area contributed by atoms with Gasteiger partial charge in [0.25, 0.3) is 0 Å². The molecule has 0 atom stereocenters. The number of imidazole rings is 1. The molecule has 0 saturated carbocycles. The summed E-state index contributed by atoms with van der Waals surface area (Å²) in [6.45, 7) is 0.746. The zero-order valence-corrected chi connectivity index (χ0v) is 12.4. The fourth-order valence-electron chi connectivity index (χ4n) is 2.09. The van der Waals surface area contributed by atoms with Gasteiger partial charge in [-0.3, -0.25) is 0 Å². The Bertz CT molecular complexity index is 766. The topological polar surface area (TPSA) is 41.6 Å². The summed E-state index contributed by atoms with van der Waals surface area (Å²) in [6, 6.07) is 12.2. The van der Waals surface area contributed by atoms with Gasteiger partial charge in [0, 0.05) is 9.35 Å². The normalized spacial score (nSPS) is 10.7. The molecule has 5 heteroatoms. The number of para-hydroxylation sites is 2. The third-order valence-electron chi connectivity index (χ3n) is 2.96. The lowest BCUT2D eigenvalue weighted by Crippen LogP contribution is -2.03. The molecule has 0 aliphatic carbocycles. The molecule has 19 heavy (non-hydrogen) atoms. The number of nitrogens with zero attached hydrogens (tertiary/aromatic N) is 3. The van der Waals surface area contributed by atoms with E-state index in [0.29, 0.717) is 6.42 Å². The molecular weight excluding hydrogens is 322 g/mol. The molecule has 0 radical (unpaired) electrons. The number of thiophene rings is 1. The van der Waals surface area contributed by atoms with Crippen LogP contribution in [0.3, 0.4) is 0 Å². The van der Waals surface area contributed by atoms with E-state index in [1.54, 1.807) is 11.3 Å². The third-order valence-corrected chi connectivity index (χ3v) is 4.87. The summed E-state index contributed by atoms with van der Waals surface area (Å²) in [4.78, 5) is 5.78. The Balaban J connectivity index is 2.12. The molecule has 3 nitrogen and oxygen atoms in total. The molecule has 0 spiro atoms. The Kier molecular flexibility index (Phi) is 3.36. The van der Waals surface area contributed by atoms with Crippen molar-refractivity contribution in [1.29, 1.82) is 5.26 Å². The number of rotatable bonds is 3. The van der Waals surface area contributed by atoms with Gasteiger partial charge in [-0.15, -0.1) is 11.3 Å². The van der Waals surface area contributed by atoms with Crippen LogP contribution in [-0.4, -0.2) is 9.55 Å². The fourth-order valence-corrected chi connectivity index (χ4v) is 3.55. The summed E-state index contributed by atoms with van der Waals surface area (Å²) >= 11 is 5.26. The minimum absolute atomic E-state index is 0.331. The predicted molar refractivity (Wildman–Crippen MR) is 80.2 cm³/mol. The molecule has 0 saturated heterocycles. The van der Waals surface area contributed by atoms with Crippen molar-refractivity contribution in [3.8, 4) is 6.07 Å². The summed E-state index contributed by atoms with van der Waals surface area (Å²) in [6.07, 6.45) is 0.331. The maximum absolute atomic E-state index is 8.94. The van der Waals surface area contributed by atoms with Crippen molar-refractivity contribution in [2.75, 3.05) is 0 Å². The maximum atomic E-state index is 8.94. The summed E-state index contributed by atoms with van der Waals surface area (Å²) in [5.74, 6) is 0.823. The Morgan fingerprint density at radius 3 is 2.89 bits per heavy atom. The van der Waals surface area contributed by atoms with E-state index in [1.807, 2.05) is 30.3 Å². The first-order valence-corrected chi connectivity index (χ1v) is 7.50. The maximum Gasteiger partial charge on any atom is 0.124 e. The summed E-state index contributed by atoms with van der Waals surface area (Å²) < 4.78 is 3.23. The van der Waals surface area contributed by atoms with Crippen LogP contribution in [0.1, 0.15) is 10.7 Å². The quantitative estimate of drug-likeness (QED) is 0.728. The van der Waals surface area contributed by atoms with Gasteiger partial charge >= 0.3 is 0 Å². The number of hydrogen-bond donors (Lipinski definition) is 0. The first-order valence-electron chi connectivity index (χ1n) is 5.82. The van der Waals surface area contributed by atoms with Gasteiger partial charge in [0.05, 0.1) is 30.1 Å². The minimum Gasteiger partial charge on any atom is -0.322 e. The summed E-state index contributed by atoms with van der Waals surface area (Å²) in [7, 11) is 0. The lowest BCUT2D eigenvalue weighted by molar-refractivity contribution is 0.777. The van der Waals surface area contributed by atoms with Crippen molar-refractivity contribution < 1.29 is 0 Å². The zero-order chi connectivity index (χ0) is 13.2. The lowest BCUT2D eigenvalue weighted by atomic mass is 10.3. The van der Waals surface area contributed by atoms with Crippen LogP contribution >= 0.6 is 27.3 Å². The van der Waals surface area contributed by atoms with Crippen LogP contribution in [0.2, 0.25) is 0 Å². The molecule has 0 aliphatic rings. The van der Waals surface area contributed by atoms with Gasteiger partial charge < -0.3 is 4.57 Å². The average Bonchev–Trinajstić information content (AvgIpc) is 2.96. The van der Waals surface area contributed by atoms with Crippen LogP contribution in [-0.2, 0) is 13.0 Å². The van der Waals surface area contributed by atoms with Gasteiger partial charge in [-0.2, -0.15) is 5.26 Å². The highest BCUT2D eigenvalue weighted by Crippen LogP contribution is 2.26. The Hall–Kier alpha value is -1.64. The number of hydrogen-bond acceptors (Lipinski definition) is 3. The van der Waals surface area contributed by atoms with Crippen molar-refractivity contribution >= 4 is 38.3 Å². The standard InChI is InChI=1S/C14H10BrN3S/c15-10-6-8-19-13(10)9-18-12-4-2-1-3-11(12)17-14(18)5-7-16/h1-4,6,8H,5,9H2. The van der Waals surface area contributed by atoms with Gasteiger partial charge in [-0.05, 0) is 39.5 Å². The molecule has 3 aromatic rings. The SMILES string of the molecule is N#CCc1nc2ccccc2n1Cc1sccc1Br. The first kappa shape index (κ1) is 12.4. The summed E-state index contributed by atoms with van der Waals surface area (Å²) in [5.41, 5.74) is 2.02. The van der Waals surface area contributed by atoms with Gasteiger partial charge in [-0.1, -0.05) is 12.1 Å². The van der Waals surface area contributed by atoms with Crippen LogP contribution < -0.4 is 0 Å². The third kappa shape index (κ3) is 2.29. The van der Waals surface area contributed by atoms with E-state index in [9.17, 15) is 0 Å². The Morgan fingerprint density at radius 2 is 2.16 bits per heavy atom. The van der Waals surface area contributed by atoms with E-state index in [0.717, 1.165) is 27.9 Å². The molecule has 0 aliphatic heterocycles. The molecule has 0 unspecified atom stereocenters. The molecule has 2 heterocycles. The Labute approximate surface area is 123 Å². The largest absolute Gasteiger partial charge is 0.322 e. The second-order valence-corrected chi connectivity index (χ2v) is 5.98. The zero-order valence-electron chi connectivity index (χ0n) is 10.0. The van der Waals surface area contributed by atoms with Crippen LogP contribution in [0.5, 0.6) is 0 Å². The van der Waals surface area contributed by atoms with Gasteiger partial charge in [0.2, 0.25) is 0 Å². The predicted octanol–water partition coefficient (Wildman–Crippen LogP) is 3.97. The molecule has 2 aromatic heterocycles. The number of halogens is 1. The number of benzene rings is 1. The molecule has 3 rings (SSSR count). The number of nitriles is 1. The van der Waals surface area contributed by atoms with E-state index >= 15 is 0 Å².